The Labute approximate surface area is 118 Å². The lowest BCUT2D eigenvalue weighted by atomic mass is 10.3. The summed E-state index contributed by atoms with van der Waals surface area (Å²) in [5, 5.41) is 1.07. The third-order valence-corrected chi connectivity index (χ3v) is 3.64. The second kappa shape index (κ2) is 7.77. The average Bonchev–Trinajstić information content (AvgIpc) is 2.42. The van der Waals surface area contributed by atoms with Crippen LogP contribution in [0.5, 0.6) is 5.75 Å². The molecule has 4 heteroatoms. The molecule has 100 valence electrons. The maximum atomic E-state index is 5.72. The van der Waals surface area contributed by atoms with Crippen LogP contribution in [0.1, 0.15) is 0 Å². The van der Waals surface area contributed by atoms with Gasteiger partial charge >= 0.3 is 0 Å². The van der Waals surface area contributed by atoms with E-state index in [1.807, 2.05) is 30.3 Å². The molecule has 0 aliphatic carbocycles. The zero-order valence-corrected chi connectivity index (χ0v) is 12.3. The van der Waals surface area contributed by atoms with Crippen LogP contribution in [-0.2, 0) is 0 Å². The summed E-state index contributed by atoms with van der Waals surface area (Å²) in [7, 11) is 0. The minimum Gasteiger partial charge on any atom is -0.492 e. The van der Waals surface area contributed by atoms with Crippen molar-refractivity contribution in [2.24, 2.45) is 0 Å². The van der Waals surface area contributed by atoms with Crippen LogP contribution in [0, 0.1) is 0 Å². The Morgan fingerprint density at radius 2 is 1.56 bits per heavy atom. The van der Waals surface area contributed by atoms with E-state index in [0.29, 0.717) is 0 Å². The van der Waals surface area contributed by atoms with E-state index in [9.17, 15) is 0 Å². The highest BCUT2D eigenvalue weighted by Crippen LogP contribution is 2.08. The van der Waals surface area contributed by atoms with Gasteiger partial charge < -0.3 is 4.74 Å². The lowest BCUT2D eigenvalue weighted by Crippen LogP contribution is -2.47. The summed E-state index contributed by atoms with van der Waals surface area (Å²) in [6, 6.07) is 10.0. The number of rotatable bonds is 6. The monoisotopic (exact) mass is 312 g/mol. The molecule has 0 N–H and O–H groups in total. The Morgan fingerprint density at radius 1 is 0.944 bits per heavy atom. The van der Waals surface area contributed by atoms with E-state index in [1.54, 1.807) is 0 Å². The Morgan fingerprint density at radius 3 is 2.17 bits per heavy atom. The number of alkyl halides is 1. The van der Waals surface area contributed by atoms with Gasteiger partial charge in [-0.25, -0.2) is 0 Å². The van der Waals surface area contributed by atoms with Gasteiger partial charge in [-0.1, -0.05) is 34.1 Å². The van der Waals surface area contributed by atoms with Gasteiger partial charge in [0.2, 0.25) is 0 Å². The van der Waals surface area contributed by atoms with E-state index < -0.39 is 0 Å². The molecule has 3 nitrogen and oxygen atoms in total. The van der Waals surface area contributed by atoms with Crippen molar-refractivity contribution >= 4 is 15.9 Å². The number of hydrogen-bond donors (Lipinski definition) is 0. The Kier molecular flexibility index (Phi) is 5.97. The van der Waals surface area contributed by atoms with E-state index in [-0.39, 0.29) is 0 Å². The SMILES string of the molecule is BrCCN1CCN(CCOc2ccccc2)CC1. The van der Waals surface area contributed by atoms with Crippen molar-refractivity contribution < 1.29 is 4.74 Å². The molecular formula is C14H21BrN2O. The minimum atomic E-state index is 0.780. The molecular weight excluding hydrogens is 292 g/mol. The summed E-state index contributed by atoms with van der Waals surface area (Å²) >= 11 is 3.49. The fourth-order valence-corrected chi connectivity index (χ4v) is 2.67. The molecule has 0 spiro atoms. The number of benzene rings is 1. The number of hydrogen-bond acceptors (Lipinski definition) is 3. The molecule has 0 unspecified atom stereocenters. The molecule has 18 heavy (non-hydrogen) atoms. The zero-order chi connectivity index (χ0) is 12.6. The number of ether oxygens (including phenoxy) is 1. The first-order valence-corrected chi connectivity index (χ1v) is 7.69. The number of halogens is 1. The molecule has 0 bridgehead atoms. The van der Waals surface area contributed by atoms with Crippen LogP contribution in [0.4, 0.5) is 0 Å². The highest BCUT2D eigenvalue weighted by molar-refractivity contribution is 9.09. The molecule has 1 aromatic carbocycles. The molecule has 0 radical (unpaired) electrons. The van der Waals surface area contributed by atoms with Crippen LogP contribution < -0.4 is 4.74 Å². The molecule has 0 aromatic heterocycles. The van der Waals surface area contributed by atoms with Crippen LogP contribution >= 0.6 is 15.9 Å². The highest BCUT2D eigenvalue weighted by Gasteiger charge is 2.15. The standard InChI is InChI=1S/C14H21BrN2O/c15-6-7-16-8-10-17(11-9-16)12-13-18-14-4-2-1-3-5-14/h1-5H,6-13H2. The largest absolute Gasteiger partial charge is 0.492 e. The molecule has 2 rings (SSSR count). The second-order valence-electron chi connectivity index (χ2n) is 4.53. The molecule has 1 heterocycles. The third kappa shape index (κ3) is 4.59. The van der Waals surface area contributed by atoms with Crippen molar-refractivity contribution in [2.45, 2.75) is 0 Å². The van der Waals surface area contributed by atoms with Crippen molar-refractivity contribution in [2.75, 3.05) is 51.2 Å². The Bertz CT molecular complexity index is 326. The molecule has 0 saturated carbocycles. The molecule has 1 aliphatic heterocycles. The quantitative estimate of drug-likeness (QED) is 0.748. The van der Waals surface area contributed by atoms with Gasteiger partial charge in [-0.2, -0.15) is 0 Å². The first kappa shape index (κ1) is 13.8. The predicted molar refractivity (Wildman–Crippen MR) is 78.6 cm³/mol. The van der Waals surface area contributed by atoms with Gasteiger partial charge in [0.25, 0.3) is 0 Å². The maximum absolute atomic E-state index is 5.72. The third-order valence-electron chi connectivity index (χ3n) is 3.29. The fraction of sp³-hybridized carbons (Fsp3) is 0.571. The van der Waals surface area contributed by atoms with Crippen molar-refractivity contribution in [3.8, 4) is 5.75 Å². The van der Waals surface area contributed by atoms with E-state index in [4.69, 9.17) is 4.74 Å². The molecule has 0 atom stereocenters. The predicted octanol–water partition coefficient (Wildman–Crippen LogP) is 2.08. The summed E-state index contributed by atoms with van der Waals surface area (Å²) in [6.07, 6.45) is 0. The van der Waals surface area contributed by atoms with Gasteiger partial charge in [0.1, 0.15) is 12.4 Å². The normalized spacial score (nSPS) is 17.8. The molecule has 1 aliphatic rings. The van der Waals surface area contributed by atoms with E-state index in [1.165, 1.54) is 13.1 Å². The van der Waals surface area contributed by atoms with Crippen LogP contribution in [0.2, 0.25) is 0 Å². The van der Waals surface area contributed by atoms with Gasteiger partial charge in [0.15, 0.2) is 0 Å². The van der Waals surface area contributed by atoms with Gasteiger partial charge in [0, 0.05) is 44.6 Å². The van der Waals surface area contributed by atoms with Gasteiger partial charge in [-0.05, 0) is 12.1 Å². The smallest absolute Gasteiger partial charge is 0.119 e. The molecule has 0 amide bonds. The van der Waals surface area contributed by atoms with E-state index >= 15 is 0 Å². The summed E-state index contributed by atoms with van der Waals surface area (Å²) < 4.78 is 5.72. The maximum Gasteiger partial charge on any atom is 0.119 e. The van der Waals surface area contributed by atoms with Crippen LogP contribution in [0.3, 0.4) is 0 Å². The van der Waals surface area contributed by atoms with Crippen LogP contribution in [0.25, 0.3) is 0 Å². The number of nitrogens with zero attached hydrogens (tertiary/aromatic N) is 2. The lowest BCUT2D eigenvalue weighted by molar-refractivity contribution is 0.121. The van der Waals surface area contributed by atoms with Crippen molar-refractivity contribution in [3.63, 3.8) is 0 Å². The van der Waals surface area contributed by atoms with Gasteiger partial charge in [-0.3, -0.25) is 9.80 Å². The molecule has 1 aromatic rings. The summed E-state index contributed by atoms with van der Waals surface area (Å²) in [5.41, 5.74) is 0. The first-order chi connectivity index (χ1) is 8.88. The Balaban J connectivity index is 1.61. The summed E-state index contributed by atoms with van der Waals surface area (Å²) in [4.78, 5) is 4.98. The Hall–Kier alpha value is -0.580. The van der Waals surface area contributed by atoms with E-state index in [0.717, 1.165) is 43.9 Å². The van der Waals surface area contributed by atoms with Crippen LogP contribution in [-0.4, -0.2) is 61.0 Å². The minimum absolute atomic E-state index is 0.780. The summed E-state index contributed by atoms with van der Waals surface area (Å²) in [6.45, 7) is 7.64. The zero-order valence-electron chi connectivity index (χ0n) is 10.7. The second-order valence-corrected chi connectivity index (χ2v) is 5.33. The van der Waals surface area contributed by atoms with Gasteiger partial charge in [-0.15, -0.1) is 0 Å². The number of para-hydroxylation sites is 1. The van der Waals surface area contributed by atoms with Crippen molar-refractivity contribution in [3.05, 3.63) is 30.3 Å². The van der Waals surface area contributed by atoms with Crippen molar-refractivity contribution in [1.82, 2.24) is 9.80 Å². The average molecular weight is 313 g/mol. The first-order valence-electron chi connectivity index (χ1n) is 6.57. The van der Waals surface area contributed by atoms with E-state index in [2.05, 4.69) is 25.7 Å². The van der Waals surface area contributed by atoms with Gasteiger partial charge in [0.05, 0.1) is 0 Å². The number of piperazine rings is 1. The highest BCUT2D eigenvalue weighted by atomic mass is 79.9. The topological polar surface area (TPSA) is 15.7 Å². The fourth-order valence-electron chi connectivity index (χ4n) is 2.17. The van der Waals surface area contributed by atoms with Crippen molar-refractivity contribution in [1.29, 1.82) is 0 Å². The lowest BCUT2D eigenvalue weighted by Gasteiger charge is -2.34. The van der Waals surface area contributed by atoms with Crippen LogP contribution in [0.15, 0.2) is 30.3 Å². The summed E-state index contributed by atoms with van der Waals surface area (Å²) in [5.74, 6) is 0.968. The molecule has 1 fully saturated rings. The molecule has 1 saturated heterocycles.